The zero-order chi connectivity index (χ0) is 17.4. The molecule has 6 nitrogen and oxygen atoms in total. The van der Waals surface area contributed by atoms with E-state index in [9.17, 15) is 8.42 Å². The molecule has 7 heteroatoms. The molecule has 2 aliphatic heterocycles. The molecule has 3 atom stereocenters. The van der Waals surface area contributed by atoms with Gasteiger partial charge in [-0.15, -0.1) is 0 Å². The van der Waals surface area contributed by atoms with E-state index in [1.807, 2.05) is 30.3 Å². The Balaban J connectivity index is 1.80. The minimum absolute atomic E-state index is 0.0117. The minimum Gasteiger partial charge on any atom is -0.302 e. The first kappa shape index (κ1) is 16.8. The first-order valence-corrected chi connectivity index (χ1v) is 10.3. The molecule has 0 unspecified atom stereocenters. The van der Waals surface area contributed by atoms with Crippen LogP contribution in [0, 0.1) is 0 Å². The highest BCUT2D eigenvalue weighted by molar-refractivity contribution is 7.89. The van der Waals surface area contributed by atoms with E-state index in [4.69, 9.17) is 0 Å². The summed E-state index contributed by atoms with van der Waals surface area (Å²) in [6, 6.07) is 10.1. The third-order valence-electron chi connectivity index (χ3n) is 5.60. The molecule has 0 radical (unpaired) electrons. The van der Waals surface area contributed by atoms with Gasteiger partial charge < -0.3 is 4.90 Å². The lowest BCUT2D eigenvalue weighted by Gasteiger charge is -2.31. The van der Waals surface area contributed by atoms with Gasteiger partial charge in [0.15, 0.2) is 0 Å². The van der Waals surface area contributed by atoms with Gasteiger partial charge in [-0.3, -0.25) is 5.10 Å². The van der Waals surface area contributed by atoms with Crippen LogP contribution in [-0.4, -0.2) is 53.5 Å². The Morgan fingerprint density at radius 1 is 1.16 bits per heavy atom. The number of aromatic nitrogens is 2. The molecule has 0 aliphatic carbocycles. The Morgan fingerprint density at radius 3 is 2.68 bits per heavy atom. The van der Waals surface area contributed by atoms with Gasteiger partial charge >= 0.3 is 0 Å². The van der Waals surface area contributed by atoms with Crippen LogP contribution in [0.15, 0.2) is 47.6 Å². The monoisotopic (exact) mass is 360 g/mol. The van der Waals surface area contributed by atoms with Crippen LogP contribution in [-0.2, 0) is 10.0 Å². The van der Waals surface area contributed by atoms with E-state index in [0.29, 0.717) is 0 Å². The van der Waals surface area contributed by atoms with Gasteiger partial charge in [0.2, 0.25) is 10.0 Å². The van der Waals surface area contributed by atoms with E-state index in [1.54, 1.807) is 4.31 Å². The molecule has 0 saturated carbocycles. The maximum Gasteiger partial charge on any atom is 0.247 e. The lowest BCUT2D eigenvalue weighted by Crippen LogP contribution is -2.44. The lowest BCUT2D eigenvalue weighted by atomic mass is 10.0. The third kappa shape index (κ3) is 2.90. The topological polar surface area (TPSA) is 69.3 Å². The number of rotatable bonds is 3. The molecule has 2 aromatic rings. The van der Waals surface area contributed by atoms with Gasteiger partial charge in [-0.2, -0.15) is 9.40 Å². The van der Waals surface area contributed by atoms with E-state index >= 15 is 0 Å². The second-order valence-corrected chi connectivity index (χ2v) is 8.89. The predicted octanol–water partition coefficient (Wildman–Crippen LogP) is 2.40. The number of benzene rings is 1. The Labute approximate surface area is 148 Å². The first-order chi connectivity index (χ1) is 12.1. The number of sulfonamides is 1. The maximum absolute atomic E-state index is 13.4. The van der Waals surface area contributed by atoms with Crippen LogP contribution < -0.4 is 0 Å². The Morgan fingerprint density at radius 2 is 1.96 bits per heavy atom. The Kier molecular flexibility index (Phi) is 4.39. The van der Waals surface area contributed by atoms with Crippen LogP contribution in [0.25, 0.3) is 0 Å². The summed E-state index contributed by atoms with van der Waals surface area (Å²) in [7, 11) is -1.47. The lowest BCUT2D eigenvalue weighted by molar-refractivity contribution is 0.218. The number of nitrogens with one attached hydrogen (secondary N) is 1. The summed E-state index contributed by atoms with van der Waals surface area (Å²) in [6.45, 7) is 1.03. The molecule has 2 fully saturated rings. The molecule has 1 aromatic carbocycles. The first-order valence-electron chi connectivity index (χ1n) is 8.86. The molecule has 2 saturated heterocycles. The fourth-order valence-electron chi connectivity index (χ4n) is 4.37. The standard InChI is InChI=1S/C18H24N4O2S/c1-21-10-6-5-9-16-18(21)11-17(14-7-3-2-4-8-14)22(16)25(23,24)15-12-19-20-13-15/h2-4,7-8,12-13,16-18H,5-6,9-11H2,1H3,(H,19,20)/t16-,17-,18+/m0/s1. The maximum atomic E-state index is 13.4. The highest BCUT2D eigenvalue weighted by atomic mass is 32.2. The molecular formula is C18H24N4O2S. The van der Waals surface area contributed by atoms with Crippen molar-refractivity contribution < 1.29 is 8.42 Å². The van der Waals surface area contributed by atoms with Crippen molar-refractivity contribution in [3.63, 3.8) is 0 Å². The Hall–Kier alpha value is -1.70. The number of nitrogens with zero attached hydrogens (tertiary/aromatic N) is 3. The highest BCUT2D eigenvalue weighted by Gasteiger charge is 2.49. The van der Waals surface area contributed by atoms with Crippen LogP contribution in [0.5, 0.6) is 0 Å². The van der Waals surface area contributed by atoms with Crippen LogP contribution >= 0.6 is 0 Å². The minimum atomic E-state index is -3.59. The molecule has 3 heterocycles. The van der Waals surface area contributed by atoms with Gasteiger partial charge in [-0.1, -0.05) is 36.8 Å². The summed E-state index contributed by atoms with van der Waals surface area (Å²) in [4.78, 5) is 2.60. The largest absolute Gasteiger partial charge is 0.302 e. The second-order valence-electron chi connectivity index (χ2n) is 7.04. The van der Waals surface area contributed by atoms with Crippen LogP contribution in [0.2, 0.25) is 0 Å². The molecule has 134 valence electrons. The molecule has 2 aliphatic rings. The van der Waals surface area contributed by atoms with Gasteiger partial charge in [-0.25, -0.2) is 8.42 Å². The molecule has 1 aromatic heterocycles. The van der Waals surface area contributed by atoms with Crippen molar-refractivity contribution in [2.24, 2.45) is 0 Å². The summed E-state index contributed by atoms with van der Waals surface area (Å²) in [6.07, 6.45) is 6.82. The molecule has 0 amide bonds. The van der Waals surface area contributed by atoms with Crippen molar-refractivity contribution in [1.82, 2.24) is 19.4 Å². The summed E-state index contributed by atoms with van der Waals surface area (Å²) in [5.74, 6) is 0. The SMILES string of the molecule is CN1CCCC[C@H]2[C@H]1C[C@@H](c1ccccc1)N2S(=O)(=O)c1cn[nH]c1. The van der Waals surface area contributed by atoms with E-state index in [0.717, 1.165) is 37.8 Å². The zero-order valence-electron chi connectivity index (χ0n) is 14.4. The smallest absolute Gasteiger partial charge is 0.247 e. The molecule has 0 spiro atoms. The van der Waals surface area contributed by atoms with E-state index in [2.05, 4.69) is 22.1 Å². The average Bonchev–Trinajstić information content (AvgIpc) is 3.25. The van der Waals surface area contributed by atoms with Gasteiger partial charge in [0.05, 0.1) is 12.2 Å². The zero-order valence-corrected chi connectivity index (χ0v) is 15.2. The fourth-order valence-corrected chi connectivity index (χ4v) is 6.15. The van der Waals surface area contributed by atoms with Crippen LogP contribution in [0.4, 0.5) is 0 Å². The molecule has 0 bridgehead atoms. The molecule has 25 heavy (non-hydrogen) atoms. The van der Waals surface area contributed by atoms with Gasteiger partial charge in [0, 0.05) is 18.3 Å². The van der Waals surface area contributed by atoms with Crippen molar-refractivity contribution >= 4 is 10.0 Å². The number of H-pyrrole nitrogens is 1. The normalized spacial score (nSPS) is 28.6. The summed E-state index contributed by atoms with van der Waals surface area (Å²) in [5.41, 5.74) is 1.07. The molecule has 4 rings (SSSR count). The summed E-state index contributed by atoms with van der Waals surface area (Å²) < 4.78 is 28.6. The number of likely N-dealkylation sites (tertiary alicyclic amines) is 1. The quantitative estimate of drug-likeness (QED) is 0.912. The van der Waals surface area contributed by atoms with Crippen molar-refractivity contribution in [3.05, 3.63) is 48.3 Å². The highest BCUT2D eigenvalue weighted by Crippen LogP contribution is 2.44. The second kappa shape index (κ2) is 6.55. The van der Waals surface area contributed by atoms with Crippen LogP contribution in [0.3, 0.4) is 0 Å². The predicted molar refractivity (Wildman–Crippen MR) is 95.5 cm³/mol. The Bertz CT molecular complexity index is 807. The third-order valence-corrected chi connectivity index (χ3v) is 7.50. The summed E-state index contributed by atoms with van der Waals surface area (Å²) in [5, 5.41) is 6.49. The van der Waals surface area contributed by atoms with E-state index < -0.39 is 10.0 Å². The van der Waals surface area contributed by atoms with Crippen molar-refractivity contribution in [3.8, 4) is 0 Å². The van der Waals surface area contributed by atoms with E-state index in [-0.39, 0.29) is 23.0 Å². The van der Waals surface area contributed by atoms with E-state index in [1.165, 1.54) is 12.4 Å². The van der Waals surface area contributed by atoms with Gasteiger partial charge in [0.1, 0.15) is 4.90 Å². The number of hydrogen-bond donors (Lipinski definition) is 1. The van der Waals surface area contributed by atoms with Crippen molar-refractivity contribution in [1.29, 1.82) is 0 Å². The number of fused-ring (bicyclic) bond motifs is 1. The summed E-state index contributed by atoms with van der Waals surface area (Å²) >= 11 is 0. The molecular weight excluding hydrogens is 336 g/mol. The number of hydrogen-bond acceptors (Lipinski definition) is 4. The number of likely N-dealkylation sites (N-methyl/N-ethyl adjacent to an activating group) is 1. The van der Waals surface area contributed by atoms with Crippen molar-refractivity contribution in [2.75, 3.05) is 13.6 Å². The number of aromatic amines is 1. The fraction of sp³-hybridized carbons (Fsp3) is 0.500. The molecule has 1 N–H and O–H groups in total. The van der Waals surface area contributed by atoms with Gasteiger partial charge in [-0.05, 0) is 38.4 Å². The average molecular weight is 360 g/mol. The van der Waals surface area contributed by atoms with Gasteiger partial charge in [0.25, 0.3) is 0 Å². The van der Waals surface area contributed by atoms with Crippen molar-refractivity contribution in [2.45, 2.75) is 48.7 Å². The van der Waals surface area contributed by atoms with Crippen LogP contribution in [0.1, 0.15) is 37.3 Å².